The third kappa shape index (κ3) is 2.89. The van der Waals surface area contributed by atoms with Crippen LogP contribution in [-0.4, -0.2) is 14.2 Å². The van der Waals surface area contributed by atoms with E-state index in [9.17, 15) is 17.6 Å². The first kappa shape index (κ1) is 13.8. The average Bonchev–Trinajstić information content (AvgIpc) is 2.19. The van der Waals surface area contributed by atoms with Gasteiger partial charge in [0.2, 0.25) is 10.0 Å². The molecule has 0 radical (unpaired) electrons. The Morgan fingerprint density at radius 2 is 2.00 bits per heavy atom. The van der Waals surface area contributed by atoms with E-state index < -0.39 is 32.1 Å². The van der Waals surface area contributed by atoms with Gasteiger partial charge in [-0.2, -0.15) is 0 Å². The maximum atomic E-state index is 13.6. The second-order valence-electron chi connectivity index (χ2n) is 3.79. The fourth-order valence-electron chi connectivity index (χ4n) is 1.64. The number of halogens is 1. The molecule has 0 aliphatic rings. The van der Waals surface area contributed by atoms with Gasteiger partial charge in [0.1, 0.15) is 5.82 Å². The molecule has 0 bridgehead atoms. The van der Waals surface area contributed by atoms with Crippen molar-refractivity contribution < 1.29 is 17.6 Å². The van der Waals surface area contributed by atoms with Crippen molar-refractivity contribution in [2.45, 2.75) is 31.6 Å². The maximum absolute atomic E-state index is 13.6. The SMILES string of the molecule is CCCC(=O)c1c(F)ccc(C)c1S(N)(=O)=O. The van der Waals surface area contributed by atoms with Crippen molar-refractivity contribution in [3.8, 4) is 0 Å². The molecule has 1 rings (SSSR count). The third-order valence-corrected chi connectivity index (χ3v) is 3.44. The molecule has 0 saturated heterocycles. The molecule has 6 heteroatoms. The molecule has 0 heterocycles. The Balaban J connectivity index is 3.57. The molecular weight excluding hydrogens is 245 g/mol. The Labute approximate surface area is 99.7 Å². The number of benzene rings is 1. The lowest BCUT2D eigenvalue weighted by Gasteiger charge is -2.10. The van der Waals surface area contributed by atoms with E-state index in [0.717, 1.165) is 6.07 Å². The van der Waals surface area contributed by atoms with Crippen LogP contribution in [0, 0.1) is 12.7 Å². The van der Waals surface area contributed by atoms with E-state index in [1.807, 2.05) is 0 Å². The Morgan fingerprint density at radius 3 is 2.47 bits per heavy atom. The van der Waals surface area contributed by atoms with E-state index in [2.05, 4.69) is 0 Å². The summed E-state index contributed by atoms with van der Waals surface area (Å²) in [5.74, 6) is -1.39. The van der Waals surface area contributed by atoms with Gasteiger partial charge in [-0.3, -0.25) is 4.79 Å². The number of sulfonamides is 1. The number of rotatable bonds is 4. The quantitative estimate of drug-likeness (QED) is 0.837. The standard InChI is InChI=1S/C11H14FNO3S/c1-3-4-9(14)10-8(12)6-5-7(2)11(10)17(13,15)16/h5-6H,3-4H2,1-2H3,(H2,13,15,16). The van der Waals surface area contributed by atoms with Gasteiger partial charge >= 0.3 is 0 Å². The molecule has 0 spiro atoms. The number of hydrogen-bond acceptors (Lipinski definition) is 3. The highest BCUT2D eigenvalue weighted by molar-refractivity contribution is 7.89. The highest BCUT2D eigenvalue weighted by Crippen LogP contribution is 2.23. The molecule has 1 aromatic carbocycles. The number of hydrogen-bond donors (Lipinski definition) is 1. The molecule has 0 fully saturated rings. The minimum Gasteiger partial charge on any atom is -0.294 e. The van der Waals surface area contributed by atoms with Gasteiger partial charge in [0, 0.05) is 6.42 Å². The van der Waals surface area contributed by atoms with Crippen LogP contribution in [-0.2, 0) is 10.0 Å². The molecule has 1 aromatic rings. The number of nitrogens with two attached hydrogens (primary N) is 1. The number of aryl methyl sites for hydroxylation is 1. The zero-order valence-corrected chi connectivity index (χ0v) is 10.5. The van der Waals surface area contributed by atoms with Crippen LogP contribution in [0.3, 0.4) is 0 Å². The third-order valence-electron chi connectivity index (χ3n) is 2.34. The lowest BCUT2D eigenvalue weighted by molar-refractivity contribution is 0.0974. The summed E-state index contributed by atoms with van der Waals surface area (Å²) in [6.45, 7) is 3.23. The number of Topliss-reactive ketones (excluding diaryl/α,β-unsaturated/α-hetero) is 1. The largest absolute Gasteiger partial charge is 0.294 e. The van der Waals surface area contributed by atoms with Gasteiger partial charge in [-0.25, -0.2) is 17.9 Å². The Morgan fingerprint density at radius 1 is 1.41 bits per heavy atom. The molecule has 0 aliphatic carbocycles. The van der Waals surface area contributed by atoms with E-state index in [0.29, 0.717) is 6.42 Å². The summed E-state index contributed by atoms with van der Waals surface area (Å²) < 4.78 is 36.4. The summed E-state index contributed by atoms with van der Waals surface area (Å²) in [6, 6.07) is 2.37. The number of primary sulfonamides is 1. The Hall–Kier alpha value is -1.27. The van der Waals surface area contributed by atoms with Gasteiger partial charge in [-0.05, 0) is 25.0 Å². The second-order valence-corrected chi connectivity index (χ2v) is 5.28. The Kier molecular flexibility index (Phi) is 4.00. The molecule has 94 valence electrons. The van der Waals surface area contributed by atoms with Crippen molar-refractivity contribution in [2.75, 3.05) is 0 Å². The van der Waals surface area contributed by atoms with Crippen LogP contribution in [0.5, 0.6) is 0 Å². The van der Waals surface area contributed by atoms with Crippen molar-refractivity contribution in [1.29, 1.82) is 0 Å². The number of carbonyl (C=O) groups is 1. The van der Waals surface area contributed by atoms with Crippen LogP contribution in [0.4, 0.5) is 4.39 Å². The molecule has 0 amide bonds. The van der Waals surface area contributed by atoms with Crippen molar-refractivity contribution in [2.24, 2.45) is 5.14 Å². The lowest BCUT2D eigenvalue weighted by atomic mass is 10.0. The fraction of sp³-hybridized carbons (Fsp3) is 0.364. The molecule has 0 atom stereocenters. The van der Waals surface area contributed by atoms with Gasteiger partial charge in [0.25, 0.3) is 0 Å². The highest BCUT2D eigenvalue weighted by atomic mass is 32.2. The molecule has 0 saturated carbocycles. The first-order valence-electron chi connectivity index (χ1n) is 5.14. The van der Waals surface area contributed by atoms with Crippen molar-refractivity contribution in [3.63, 3.8) is 0 Å². The van der Waals surface area contributed by atoms with Gasteiger partial charge in [0.05, 0.1) is 10.5 Å². The minimum atomic E-state index is -4.11. The van der Waals surface area contributed by atoms with Gasteiger partial charge in [0.15, 0.2) is 5.78 Å². The van der Waals surface area contributed by atoms with Gasteiger partial charge in [-0.1, -0.05) is 13.0 Å². The summed E-state index contributed by atoms with van der Waals surface area (Å²) in [6.07, 6.45) is 0.596. The van der Waals surface area contributed by atoms with Gasteiger partial charge in [-0.15, -0.1) is 0 Å². The summed E-state index contributed by atoms with van der Waals surface area (Å²) in [7, 11) is -4.11. The van der Waals surface area contributed by atoms with E-state index in [4.69, 9.17) is 5.14 Å². The van der Waals surface area contributed by atoms with Gasteiger partial charge < -0.3 is 0 Å². The van der Waals surface area contributed by atoms with Crippen molar-refractivity contribution in [3.05, 3.63) is 29.1 Å². The van der Waals surface area contributed by atoms with E-state index in [1.54, 1.807) is 6.92 Å². The zero-order valence-electron chi connectivity index (χ0n) is 9.66. The summed E-state index contributed by atoms with van der Waals surface area (Å²) in [4.78, 5) is 11.3. The first-order valence-corrected chi connectivity index (χ1v) is 6.68. The zero-order chi connectivity index (χ0) is 13.2. The second kappa shape index (κ2) is 4.93. The van der Waals surface area contributed by atoms with Crippen LogP contribution in [0.25, 0.3) is 0 Å². The van der Waals surface area contributed by atoms with E-state index in [-0.39, 0.29) is 12.0 Å². The number of carbonyl (C=O) groups excluding carboxylic acids is 1. The maximum Gasteiger partial charge on any atom is 0.239 e. The fourth-order valence-corrected chi connectivity index (χ4v) is 2.65. The molecule has 4 nitrogen and oxygen atoms in total. The summed E-state index contributed by atoms with van der Waals surface area (Å²) in [5, 5.41) is 5.01. The molecule has 2 N–H and O–H groups in total. The predicted molar refractivity (Wildman–Crippen MR) is 61.7 cm³/mol. The topological polar surface area (TPSA) is 77.2 Å². The van der Waals surface area contributed by atoms with Crippen LogP contribution >= 0.6 is 0 Å². The van der Waals surface area contributed by atoms with Crippen LogP contribution in [0.15, 0.2) is 17.0 Å². The van der Waals surface area contributed by atoms with Crippen LogP contribution in [0.2, 0.25) is 0 Å². The lowest BCUT2D eigenvalue weighted by Crippen LogP contribution is -2.19. The predicted octanol–water partition coefficient (Wildman–Crippen LogP) is 1.76. The van der Waals surface area contributed by atoms with Crippen molar-refractivity contribution >= 4 is 15.8 Å². The van der Waals surface area contributed by atoms with E-state index >= 15 is 0 Å². The summed E-state index contributed by atoms with van der Waals surface area (Å²) in [5.41, 5.74) is -0.150. The van der Waals surface area contributed by atoms with Crippen LogP contribution < -0.4 is 5.14 Å². The first-order chi connectivity index (χ1) is 7.79. The normalized spacial score (nSPS) is 11.5. The van der Waals surface area contributed by atoms with Crippen LogP contribution in [0.1, 0.15) is 35.7 Å². The smallest absolute Gasteiger partial charge is 0.239 e. The molecule has 0 aliphatic heterocycles. The molecule has 17 heavy (non-hydrogen) atoms. The Bertz CT molecular complexity index is 552. The summed E-state index contributed by atoms with van der Waals surface area (Å²) >= 11 is 0. The monoisotopic (exact) mass is 259 g/mol. The molecular formula is C11H14FNO3S. The highest BCUT2D eigenvalue weighted by Gasteiger charge is 2.24. The average molecular weight is 259 g/mol. The molecule has 0 unspecified atom stereocenters. The molecule has 0 aromatic heterocycles. The number of ketones is 1. The minimum absolute atomic E-state index is 0.0862. The van der Waals surface area contributed by atoms with E-state index in [1.165, 1.54) is 13.0 Å². The van der Waals surface area contributed by atoms with Crippen molar-refractivity contribution in [1.82, 2.24) is 0 Å².